The molecule has 0 saturated carbocycles. The number of rotatable bonds is 4. The van der Waals surface area contributed by atoms with Gasteiger partial charge in [-0.1, -0.05) is 6.07 Å². The fraction of sp³-hybridized carbons (Fsp3) is 0.588. The lowest BCUT2D eigenvalue weighted by Crippen LogP contribution is -2.44. The fourth-order valence-corrected chi connectivity index (χ4v) is 3.65. The van der Waals surface area contributed by atoms with Gasteiger partial charge in [0.15, 0.2) is 0 Å². The lowest BCUT2D eigenvalue weighted by atomic mass is 10.00. The molecule has 0 N–H and O–H groups in total. The summed E-state index contributed by atoms with van der Waals surface area (Å²) >= 11 is 0. The Kier molecular flexibility index (Phi) is 4.55. The van der Waals surface area contributed by atoms with E-state index in [4.69, 9.17) is 9.47 Å². The zero-order chi connectivity index (χ0) is 16.2. The predicted octanol–water partition coefficient (Wildman–Crippen LogP) is 1.12. The Morgan fingerprint density at radius 3 is 3.17 bits per heavy atom. The van der Waals surface area contributed by atoms with Crippen LogP contribution < -0.4 is 0 Å². The van der Waals surface area contributed by atoms with Crippen LogP contribution in [0.4, 0.5) is 0 Å². The predicted molar refractivity (Wildman–Crippen MR) is 87.2 cm³/mol. The van der Waals surface area contributed by atoms with Gasteiger partial charge in [0, 0.05) is 32.0 Å². The second-order valence-electron chi connectivity index (χ2n) is 6.70. The molecule has 4 heterocycles. The van der Waals surface area contributed by atoms with Crippen molar-refractivity contribution in [3.63, 3.8) is 0 Å². The van der Waals surface area contributed by atoms with Crippen LogP contribution in [-0.2, 0) is 22.6 Å². The smallest absolute Gasteiger partial charge is 0.137 e. The van der Waals surface area contributed by atoms with Crippen molar-refractivity contribution in [1.29, 1.82) is 0 Å². The minimum Gasteiger partial charge on any atom is -0.377 e. The molecule has 2 saturated heterocycles. The quantitative estimate of drug-likeness (QED) is 0.838. The van der Waals surface area contributed by atoms with Gasteiger partial charge in [0.25, 0.3) is 0 Å². The van der Waals surface area contributed by atoms with Crippen molar-refractivity contribution in [2.24, 2.45) is 0 Å². The van der Waals surface area contributed by atoms with E-state index in [2.05, 4.69) is 26.0 Å². The molecule has 2 aliphatic heterocycles. The van der Waals surface area contributed by atoms with E-state index in [1.54, 1.807) is 12.7 Å². The van der Waals surface area contributed by atoms with Gasteiger partial charge in [-0.2, -0.15) is 5.10 Å². The van der Waals surface area contributed by atoms with Crippen molar-refractivity contribution >= 4 is 0 Å². The summed E-state index contributed by atoms with van der Waals surface area (Å²) in [7, 11) is 0. The summed E-state index contributed by atoms with van der Waals surface area (Å²) in [5.41, 5.74) is 1.02. The largest absolute Gasteiger partial charge is 0.377 e. The van der Waals surface area contributed by atoms with Crippen molar-refractivity contribution in [2.45, 2.75) is 37.6 Å². The van der Waals surface area contributed by atoms with Crippen molar-refractivity contribution in [3.05, 3.63) is 42.7 Å². The number of hydrogen-bond acceptors (Lipinski definition) is 6. The monoisotopic (exact) mass is 329 g/mol. The molecular weight excluding hydrogens is 306 g/mol. The molecule has 2 aliphatic rings. The first-order valence-corrected chi connectivity index (χ1v) is 8.51. The molecule has 4 rings (SSSR count). The molecule has 0 bridgehead atoms. The second kappa shape index (κ2) is 6.96. The Morgan fingerprint density at radius 2 is 2.33 bits per heavy atom. The lowest BCUT2D eigenvalue weighted by molar-refractivity contribution is -0.0905. The van der Waals surface area contributed by atoms with Gasteiger partial charge in [0.2, 0.25) is 0 Å². The minimum atomic E-state index is -0.204. The highest BCUT2D eigenvalue weighted by Gasteiger charge is 2.43. The number of hydrogen-bond donors (Lipinski definition) is 0. The van der Waals surface area contributed by atoms with Crippen LogP contribution in [0.5, 0.6) is 0 Å². The summed E-state index contributed by atoms with van der Waals surface area (Å²) in [6.07, 6.45) is 9.28. The van der Waals surface area contributed by atoms with Gasteiger partial charge in [-0.25, -0.2) is 4.98 Å². The molecule has 128 valence electrons. The molecule has 2 aromatic rings. The van der Waals surface area contributed by atoms with Crippen molar-refractivity contribution in [3.8, 4) is 0 Å². The zero-order valence-corrected chi connectivity index (χ0v) is 13.8. The molecule has 0 radical (unpaired) electrons. The molecule has 7 heteroatoms. The maximum atomic E-state index is 6.44. The molecule has 0 aromatic carbocycles. The van der Waals surface area contributed by atoms with Crippen molar-refractivity contribution in [2.75, 3.05) is 26.3 Å². The van der Waals surface area contributed by atoms with Gasteiger partial charge in [-0.3, -0.25) is 14.6 Å². The van der Waals surface area contributed by atoms with E-state index in [1.165, 1.54) is 5.56 Å². The Morgan fingerprint density at radius 1 is 1.33 bits per heavy atom. The molecule has 24 heavy (non-hydrogen) atoms. The second-order valence-corrected chi connectivity index (χ2v) is 6.70. The third kappa shape index (κ3) is 3.63. The first-order chi connectivity index (χ1) is 11.8. The summed E-state index contributed by atoms with van der Waals surface area (Å²) in [4.78, 5) is 10.6. The highest BCUT2D eigenvalue weighted by atomic mass is 16.6. The molecular formula is C17H23N5O2. The van der Waals surface area contributed by atoms with Crippen LogP contribution in [0.15, 0.2) is 37.2 Å². The Balaban J connectivity index is 1.40. The molecule has 0 aliphatic carbocycles. The topological polar surface area (TPSA) is 65.3 Å². The molecule has 0 unspecified atom stereocenters. The van der Waals surface area contributed by atoms with E-state index in [0.29, 0.717) is 6.61 Å². The van der Waals surface area contributed by atoms with Gasteiger partial charge in [0.1, 0.15) is 18.3 Å². The SMILES string of the molecule is c1cncc(CN2CCOC[C@]3(CC[C@H](Cn4cncn4)O3)C2)c1. The summed E-state index contributed by atoms with van der Waals surface area (Å²) in [5, 5.41) is 4.18. The first-order valence-electron chi connectivity index (χ1n) is 8.51. The van der Waals surface area contributed by atoms with Crippen molar-refractivity contribution in [1.82, 2.24) is 24.6 Å². The van der Waals surface area contributed by atoms with Crippen LogP contribution in [0, 0.1) is 0 Å². The highest BCUT2D eigenvalue weighted by Crippen LogP contribution is 2.34. The van der Waals surface area contributed by atoms with E-state index in [9.17, 15) is 0 Å². The van der Waals surface area contributed by atoms with E-state index in [1.807, 2.05) is 23.1 Å². The van der Waals surface area contributed by atoms with Gasteiger partial charge in [-0.15, -0.1) is 0 Å². The molecule has 2 aromatic heterocycles. The summed E-state index contributed by atoms with van der Waals surface area (Å²) in [6, 6.07) is 4.11. The average molecular weight is 329 g/mol. The summed E-state index contributed by atoms with van der Waals surface area (Å²) < 4.78 is 14.1. The van der Waals surface area contributed by atoms with E-state index >= 15 is 0 Å². The van der Waals surface area contributed by atoms with Crippen LogP contribution in [0.3, 0.4) is 0 Å². The Bertz CT molecular complexity index is 636. The molecule has 1 spiro atoms. The highest BCUT2D eigenvalue weighted by molar-refractivity contribution is 5.08. The molecule has 0 amide bonds. The standard InChI is InChI=1S/C17H23N5O2/c1-2-15(8-18-5-1)9-21-6-7-23-12-17(11-21)4-3-16(24-17)10-22-14-19-13-20-22/h1-2,5,8,13-14,16H,3-4,6-7,9-12H2/t16-,17+/m1/s1. The van der Waals surface area contributed by atoms with E-state index < -0.39 is 0 Å². The van der Waals surface area contributed by atoms with Crippen LogP contribution in [0.1, 0.15) is 18.4 Å². The maximum absolute atomic E-state index is 6.44. The maximum Gasteiger partial charge on any atom is 0.137 e. The lowest BCUT2D eigenvalue weighted by Gasteiger charge is -2.32. The molecule has 2 fully saturated rings. The number of aromatic nitrogens is 4. The zero-order valence-electron chi connectivity index (χ0n) is 13.8. The first kappa shape index (κ1) is 15.7. The summed E-state index contributed by atoms with van der Waals surface area (Å²) in [6.45, 7) is 4.88. The van der Waals surface area contributed by atoms with Gasteiger partial charge in [0.05, 0.1) is 25.9 Å². The van der Waals surface area contributed by atoms with E-state index in [-0.39, 0.29) is 11.7 Å². The van der Waals surface area contributed by atoms with Gasteiger partial charge >= 0.3 is 0 Å². The van der Waals surface area contributed by atoms with Gasteiger partial charge < -0.3 is 9.47 Å². The average Bonchev–Trinajstić information content (AvgIpc) is 3.19. The fourth-order valence-electron chi connectivity index (χ4n) is 3.65. The Hall–Kier alpha value is -1.83. The van der Waals surface area contributed by atoms with Crippen LogP contribution in [-0.4, -0.2) is 62.7 Å². The normalized spacial score (nSPS) is 28.2. The third-order valence-electron chi connectivity index (χ3n) is 4.75. The van der Waals surface area contributed by atoms with Gasteiger partial charge in [-0.05, 0) is 24.5 Å². The summed E-state index contributed by atoms with van der Waals surface area (Å²) in [5.74, 6) is 0. The van der Waals surface area contributed by atoms with Crippen molar-refractivity contribution < 1.29 is 9.47 Å². The Labute approximate surface area is 141 Å². The minimum absolute atomic E-state index is 0.175. The van der Waals surface area contributed by atoms with E-state index in [0.717, 1.165) is 45.6 Å². The molecule has 2 atom stereocenters. The number of ether oxygens (including phenoxy) is 2. The number of nitrogens with zero attached hydrogens (tertiary/aromatic N) is 5. The van der Waals surface area contributed by atoms with Crippen LogP contribution >= 0.6 is 0 Å². The molecule has 7 nitrogen and oxygen atoms in total. The number of pyridine rings is 1. The van der Waals surface area contributed by atoms with Crippen LogP contribution in [0.2, 0.25) is 0 Å². The van der Waals surface area contributed by atoms with Crippen LogP contribution in [0.25, 0.3) is 0 Å². The third-order valence-corrected chi connectivity index (χ3v) is 4.75.